The van der Waals surface area contributed by atoms with Gasteiger partial charge in [0.15, 0.2) is 0 Å². The summed E-state index contributed by atoms with van der Waals surface area (Å²) in [6, 6.07) is 0.667. The lowest BCUT2D eigenvalue weighted by molar-refractivity contribution is -0.156. The molecule has 7 nitrogen and oxygen atoms in total. The quantitative estimate of drug-likeness (QED) is 0.394. The highest BCUT2D eigenvalue weighted by molar-refractivity contribution is 7.81. The molecule has 140 valence electrons. The molecule has 1 aliphatic carbocycles. The molecular weight excluding hydrogens is 352 g/mol. The van der Waals surface area contributed by atoms with Gasteiger partial charge >= 0.3 is 20.7 Å². The Kier molecular flexibility index (Phi) is 8.72. The number of carbonyl (C=O) groups is 2. The van der Waals surface area contributed by atoms with Gasteiger partial charge in [-0.2, -0.15) is 12.6 Å². The number of hydrogen-bond donors (Lipinski definition) is 3. The average Bonchev–Trinajstić information content (AvgIpc) is 2.58. The van der Waals surface area contributed by atoms with Gasteiger partial charge in [0.05, 0.1) is 11.8 Å². The Balaban J connectivity index is 2.55. The van der Waals surface area contributed by atoms with Crippen LogP contribution in [-0.2, 0) is 22.9 Å². The van der Waals surface area contributed by atoms with E-state index in [4.69, 9.17) is 13.3 Å². The monoisotopic (exact) mass is 380 g/mol. The summed E-state index contributed by atoms with van der Waals surface area (Å²) >= 11 is 4.63. The largest absolute Gasteiger partial charge is 0.500 e. The molecule has 1 aliphatic rings. The molecule has 1 fully saturated rings. The van der Waals surface area contributed by atoms with Crippen molar-refractivity contribution < 1.29 is 33.1 Å². The maximum atomic E-state index is 11.4. The first-order chi connectivity index (χ1) is 11.3. The van der Waals surface area contributed by atoms with Crippen LogP contribution < -0.4 is 0 Å². The summed E-state index contributed by atoms with van der Waals surface area (Å²) in [4.78, 5) is 22.6. The van der Waals surface area contributed by atoms with Crippen LogP contribution in [-0.4, -0.2) is 57.5 Å². The number of hydrogen-bond acceptors (Lipinski definition) is 6. The molecule has 0 aliphatic heterocycles. The van der Waals surface area contributed by atoms with E-state index < -0.39 is 32.6 Å². The minimum Gasteiger partial charge on any atom is -0.481 e. The molecule has 1 saturated carbocycles. The van der Waals surface area contributed by atoms with Crippen molar-refractivity contribution in [2.75, 3.05) is 21.3 Å². The lowest BCUT2D eigenvalue weighted by Gasteiger charge is -2.34. The van der Waals surface area contributed by atoms with Gasteiger partial charge in [-0.15, -0.1) is 0 Å². The van der Waals surface area contributed by atoms with Crippen LogP contribution in [0, 0.1) is 17.8 Å². The van der Waals surface area contributed by atoms with E-state index in [1.54, 1.807) is 21.3 Å². The molecule has 4 unspecified atom stereocenters. The third-order valence-electron chi connectivity index (χ3n) is 4.99. The summed E-state index contributed by atoms with van der Waals surface area (Å²) in [5.74, 6) is -3.57. The van der Waals surface area contributed by atoms with E-state index in [-0.39, 0.29) is 11.2 Å². The van der Waals surface area contributed by atoms with E-state index >= 15 is 0 Å². The van der Waals surface area contributed by atoms with Crippen molar-refractivity contribution >= 4 is 33.4 Å². The lowest BCUT2D eigenvalue weighted by Crippen LogP contribution is -2.42. The van der Waals surface area contributed by atoms with E-state index in [0.29, 0.717) is 25.3 Å². The molecule has 9 heteroatoms. The number of thiol groups is 1. The van der Waals surface area contributed by atoms with Crippen LogP contribution in [0.3, 0.4) is 0 Å². The summed E-state index contributed by atoms with van der Waals surface area (Å²) in [7, 11) is 2.12. The average molecular weight is 381 g/mol. The van der Waals surface area contributed by atoms with Gasteiger partial charge in [-0.05, 0) is 38.0 Å². The number of carboxylic acid groups (broad SMARTS) is 2. The lowest BCUT2D eigenvalue weighted by atomic mass is 9.72. The molecule has 0 radical (unpaired) electrons. The highest BCUT2D eigenvalue weighted by Crippen LogP contribution is 2.39. The topological polar surface area (TPSA) is 102 Å². The third kappa shape index (κ3) is 5.45. The highest BCUT2D eigenvalue weighted by atomic mass is 32.1. The summed E-state index contributed by atoms with van der Waals surface area (Å²) in [6.45, 7) is 0. The van der Waals surface area contributed by atoms with Crippen LogP contribution in [0.25, 0.3) is 0 Å². The van der Waals surface area contributed by atoms with Gasteiger partial charge in [-0.1, -0.05) is 0 Å². The van der Waals surface area contributed by atoms with Gasteiger partial charge in [-0.25, -0.2) is 0 Å². The van der Waals surface area contributed by atoms with Gasteiger partial charge in [0.25, 0.3) is 0 Å². The van der Waals surface area contributed by atoms with Crippen LogP contribution in [0.4, 0.5) is 0 Å². The first kappa shape index (κ1) is 21.4. The Labute approximate surface area is 149 Å². The zero-order valence-corrected chi connectivity index (χ0v) is 16.3. The van der Waals surface area contributed by atoms with Crippen LogP contribution in [0.1, 0.15) is 32.1 Å². The summed E-state index contributed by atoms with van der Waals surface area (Å²) in [6.07, 6.45) is 3.02. The van der Waals surface area contributed by atoms with E-state index in [1.807, 2.05) is 0 Å². The van der Waals surface area contributed by atoms with Gasteiger partial charge in [0.2, 0.25) is 0 Å². The Morgan fingerprint density at radius 2 is 1.62 bits per heavy atom. The van der Waals surface area contributed by atoms with Crippen LogP contribution >= 0.6 is 12.6 Å². The molecule has 24 heavy (non-hydrogen) atoms. The standard InChI is InChI=1S/C15H28O7SSi/c1-20-24(21-2,22-3)8-4-5-13(23)10-6-7-11(14(16)17)12(9-10)15(18)19/h10-13,23H,4-9H2,1-3H3,(H,16,17)(H,18,19). The van der Waals surface area contributed by atoms with Crippen molar-refractivity contribution in [3.05, 3.63) is 0 Å². The van der Waals surface area contributed by atoms with Crippen molar-refractivity contribution in [3.8, 4) is 0 Å². The molecule has 4 atom stereocenters. The van der Waals surface area contributed by atoms with Crippen molar-refractivity contribution in [1.82, 2.24) is 0 Å². The Morgan fingerprint density at radius 1 is 1.08 bits per heavy atom. The fraction of sp³-hybridized carbons (Fsp3) is 0.867. The maximum absolute atomic E-state index is 11.4. The third-order valence-corrected chi connectivity index (χ3v) is 8.50. The molecule has 0 aromatic rings. The SMILES string of the molecule is CO[Si](CCCC(S)C1CCC(C(=O)O)C(C(=O)O)C1)(OC)OC. The van der Waals surface area contributed by atoms with Gasteiger partial charge < -0.3 is 23.5 Å². The molecule has 1 rings (SSSR count). The number of carboxylic acids is 2. The molecule has 0 heterocycles. The second kappa shape index (κ2) is 9.76. The van der Waals surface area contributed by atoms with Gasteiger partial charge in [0, 0.05) is 32.6 Å². The summed E-state index contributed by atoms with van der Waals surface area (Å²) in [5.41, 5.74) is 0. The van der Waals surface area contributed by atoms with Crippen molar-refractivity contribution in [2.24, 2.45) is 17.8 Å². The Bertz CT molecular complexity index is 422. The minimum absolute atomic E-state index is 0.0267. The Hall–Kier alpha value is -0.613. The summed E-state index contributed by atoms with van der Waals surface area (Å²) in [5, 5.41) is 18.5. The van der Waals surface area contributed by atoms with E-state index in [9.17, 15) is 19.8 Å². The van der Waals surface area contributed by atoms with Crippen LogP contribution in [0.5, 0.6) is 0 Å². The molecule has 0 bridgehead atoms. The molecule has 0 aromatic carbocycles. The normalized spacial score (nSPS) is 26.1. The predicted octanol–water partition coefficient (Wildman–Crippen LogP) is 2.14. The zero-order valence-electron chi connectivity index (χ0n) is 14.4. The van der Waals surface area contributed by atoms with Gasteiger partial charge in [-0.3, -0.25) is 9.59 Å². The first-order valence-electron chi connectivity index (χ1n) is 8.09. The fourth-order valence-corrected chi connectivity index (χ4v) is 5.64. The second-order valence-corrected chi connectivity index (χ2v) is 9.97. The highest BCUT2D eigenvalue weighted by Gasteiger charge is 2.41. The Morgan fingerprint density at radius 3 is 2.08 bits per heavy atom. The van der Waals surface area contributed by atoms with Crippen molar-refractivity contribution in [2.45, 2.75) is 43.4 Å². The van der Waals surface area contributed by atoms with E-state index in [2.05, 4.69) is 12.6 Å². The van der Waals surface area contributed by atoms with Crippen LogP contribution in [0.2, 0.25) is 6.04 Å². The molecule has 0 saturated heterocycles. The smallest absolute Gasteiger partial charge is 0.481 e. The second-order valence-electron chi connectivity index (χ2n) is 6.22. The molecule has 0 spiro atoms. The van der Waals surface area contributed by atoms with Crippen molar-refractivity contribution in [3.63, 3.8) is 0 Å². The zero-order chi connectivity index (χ0) is 18.3. The maximum Gasteiger partial charge on any atom is 0.500 e. The minimum atomic E-state index is -2.60. The number of rotatable bonds is 10. The molecular formula is C15H28O7SSi. The van der Waals surface area contributed by atoms with Crippen molar-refractivity contribution in [1.29, 1.82) is 0 Å². The first-order valence-corrected chi connectivity index (χ1v) is 10.5. The summed E-state index contributed by atoms with van der Waals surface area (Å²) < 4.78 is 16.1. The van der Waals surface area contributed by atoms with Crippen LogP contribution in [0.15, 0.2) is 0 Å². The van der Waals surface area contributed by atoms with E-state index in [0.717, 1.165) is 12.8 Å². The van der Waals surface area contributed by atoms with E-state index in [1.165, 1.54) is 0 Å². The van der Waals surface area contributed by atoms with Gasteiger partial charge in [0.1, 0.15) is 0 Å². The predicted molar refractivity (Wildman–Crippen MR) is 93.2 cm³/mol. The molecule has 0 aromatic heterocycles. The molecule has 0 amide bonds. The fourth-order valence-electron chi connectivity index (χ4n) is 3.44. The number of aliphatic carboxylic acids is 2. The molecule has 2 N–H and O–H groups in total.